The molecule has 0 amide bonds. The molecule has 18 heavy (non-hydrogen) atoms. The van der Waals surface area contributed by atoms with E-state index in [2.05, 4.69) is 6.07 Å². The van der Waals surface area contributed by atoms with Crippen molar-refractivity contribution in [2.24, 2.45) is 0 Å². The minimum atomic E-state index is 0.206. The van der Waals surface area contributed by atoms with Gasteiger partial charge >= 0.3 is 0 Å². The van der Waals surface area contributed by atoms with Crippen LogP contribution >= 0.6 is 0 Å². The van der Waals surface area contributed by atoms with Crippen LogP contribution in [-0.4, -0.2) is 11.9 Å². The third-order valence-electron chi connectivity index (χ3n) is 3.44. The van der Waals surface area contributed by atoms with Crippen LogP contribution in [-0.2, 0) is 16.1 Å². The van der Waals surface area contributed by atoms with Crippen LogP contribution in [0.5, 0.6) is 0 Å². The Hall–Kier alpha value is -1.66. The standard InChI is InChI=1S/C15H17NO2/c1-11-8-12(9-16)2-3-13(11)10-18-15-6-4-14(17)5-7-15/h2-3,8,15H,4-7,10H2,1H3. The highest BCUT2D eigenvalue weighted by atomic mass is 16.5. The summed E-state index contributed by atoms with van der Waals surface area (Å²) in [6, 6.07) is 7.77. The van der Waals surface area contributed by atoms with Crippen LogP contribution in [0.3, 0.4) is 0 Å². The first-order chi connectivity index (χ1) is 8.69. The number of benzene rings is 1. The Balaban J connectivity index is 1.90. The Morgan fingerprint density at radius 2 is 2.11 bits per heavy atom. The number of hydrogen-bond acceptors (Lipinski definition) is 3. The maximum atomic E-state index is 11.1. The fraction of sp³-hybridized carbons (Fsp3) is 0.467. The van der Waals surface area contributed by atoms with Crippen LogP contribution in [0, 0.1) is 18.3 Å². The molecule has 1 aliphatic rings. The Morgan fingerprint density at radius 3 is 2.72 bits per heavy atom. The molecule has 0 heterocycles. The molecule has 1 aliphatic carbocycles. The number of rotatable bonds is 3. The van der Waals surface area contributed by atoms with E-state index in [-0.39, 0.29) is 6.10 Å². The number of aryl methyl sites for hydroxylation is 1. The van der Waals surface area contributed by atoms with Crippen molar-refractivity contribution in [1.29, 1.82) is 5.26 Å². The van der Waals surface area contributed by atoms with Gasteiger partial charge in [0, 0.05) is 12.8 Å². The second-order valence-corrected chi connectivity index (χ2v) is 4.80. The number of carbonyl (C=O) groups is 1. The highest BCUT2D eigenvalue weighted by Gasteiger charge is 2.19. The lowest BCUT2D eigenvalue weighted by Crippen LogP contribution is -2.21. The third kappa shape index (κ3) is 3.18. The zero-order chi connectivity index (χ0) is 13.0. The molecule has 0 aromatic heterocycles. The first kappa shape index (κ1) is 12.8. The molecule has 0 N–H and O–H groups in total. The van der Waals surface area contributed by atoms with Crippen LogP contribution in [0.1, 0.15) is 42.4 Å². The highest BCUT2D eigenvalue weighted by molar-refractivity contribution is 5.79. The van der Waals surface area contributed by atoms with E-state index in [0.29, 0.717) is 30.8 Å². The Bertz CT molecular complexity index is 478. The van der Waals surface area contributed by atoms with Gasteiger partial charge in [0.2, 0.25) is 0 Å². The normalized spacial score (nSPS) is 16.6. The molecule has 2 rings (SSSR count). The van der Waals surface area contributed by atoms with Crippen molar-refractivity contribution in [2.75, 3.05) is 0 Å². The number of hydrogen-bond donors (Lipinski definition) is 0. The second kappa shape index (κ2) is 5.79. The molecule has 1 aromatic rings. The average Bonchev–Trinajstić information content (AvgIpc) is 2.39. The number of Topliss-reactive ketones (excluding diaryl/α,β-unsaturated/α-hetero) is 1. The monoisotopic (exact) mass is 243 g/mol. The van der Waals surface area contributed by atoms with Crippen molar-refractivity contribution in [1.82, 2.24) is 0 Å². The van der Waals surface area contributed by atoms with Gasteiger partial charge in [-0.2, -0.15) is 5.26 Å². The Labute approximate surface area is 107 Å². The van der Waals surface area contributed by atoms with E-state index in [0.717, 1.165) is 24.0 Å². The minimum absolute atomic E-state index is 0.206. The van der Waals surface area contributed by atoms with Crippen LogP contribution in [0.2, 0.25) is 0 Å². The summed E-state index contributed by atoms with van der Waals surface area (Å²) in [7, 11) is 0. The van der Waals surface area contributed by atoms with Crippen molar-refractivity contribution in [3.05, 3.63) is 34.9 Å². The Kier molecular flexibility index (Phi) is 4.11. The summed E-state index contributed by atoms with van der Waals surface area (Å²) in [6.07, 6.45) is 3.19. The molecule has 3 nitrogen and oxygen atoms in total. The van der Waals surface area contributed by atoms with Gasteiger partial charge in [0.1, 0.15) is 5.78 Å². The number of nitriles is 1. The predicted molar refractivity (Wildman–Crippen MR) is 67.9 cm³/mol. The van der Waals surface area contributed by atoms with Gasteiger partial charge in [-0.05, 0) is 43.0 Å². The summed E-state index contributed by atoms with van der Waals surface area (Å²) in [5.74, 6) is 0.351. The largest absolute Gasteiger partial charge is 0.374 e. The molecule has 3 heteroatoms. The van der Waals surface area contributed by atoms with Gasteiger partial charge in [-0.1, -0.05) is 6.07 Å². The van der Waals surface area contributed by atoms with Gasteiger partial charge in [0.25, 0.3) is 0 Å². The van der Waals surface area contributed by atoms with Crippen LogP contribution in [0.25, 0.3) is 0 Å². The molecule has 0 spiro atoms. The maximum Gasteiger partial charge on any atom is 0.133 e. The topological polar surface area (TPSA) is 50.1 Å². The smallest absolute Gasteiger partial charge is 0.133 e. The lowest BCUT2D eigenvalue weighted by Gasteiger charge is -2.21. The molecule has 0 atom stereocenters. The zero-order valence-electron chi connectivity index (χ0n) is 10.6. The molecule has 0 bridgehead atoms. The first-order valence-electron chi connectivity index (χ1n) is 6.32. The zero-order valence-corrected chi connectivity index (χ0v) is 10.6. The molecule has 1 aromatic carbocycles. The van der Waals surface area contributed by atoms with Crippen LogP contribution < -0.4 is 0 Å². The number of ether oxygens (including phenoxy) is 1. The van der Waals surface area contributed by atoms with Crippen molar-refractivity contribution < 1.29 is 9.53 Å². The van der Waals surface area contributed by atoms with Gasteiger partial charge in [-0.15, -0.1) is 0 Å². The van der Waals surface area contributed by atoms with Crippen molar-refractivity contribution in [2.45, 2.75) is 45.3 Å². The number of ketones is 1. The van der Waals surface area contributed by atoms with Gasteiger partial charge in [0.05, 0.1) is 24.3 Å². The molecule has 0 radical (unpaired) electrons. The highest BCUT2D eigenvalue weighted by Crippen LogP contribution is 2.20. The lowest BCUT2D eigenvalue weighted by atomic mass is 9.96. The maximum absolute atomic E-state index is 11.1. The van der Waals surface area contributed by atoms with Crippen molar-refractivity contribution in [3.63, 3.8) is 0 Å². The van der Waals surface area contributed by atoms with Gasteiger partial charge < -0.3 is 4.74 Å². The quantitative estimate of drug-likeness (QED) is 0.820. The van der Waals surface area contributed by atoms with Crippen molar-refractivity contribution in [3.8, 4) is 6.07 Å². The Morgan fingerprint density at radius 1 is 1.39 bits per heavy atom. The summed E-state index contributed by atoms with van der Waals surface area (Å²) in [6.45, 7) is 2.56. The van der Waals surface area contributed by atoms with E-state index in [1.54, 1.807) is 0 Å². The molecule has 94 valence electrons. The molecular formula is C15H17NO2. The summed E-state index contributed by atoms with van der Waals surface area (Å²) in [4.78, 5) is 11.1. The molecule has 0 saturated heterocycles. The fourth-order valence-electron chi connectivity index (χ4n) is 2.21. The summed E-state index contributed by atoms with van der Waals surface area (Å²) in [5, 5.41) is 8.80. The van der Waals surface area contributed by atoms with Gasteiger partial charge in [-0.3, -0.25) is 4.79 Å². The number of nitrogens with zero attached hydrogens (tertiary/aromatic N) is 1. The van der Waals surface area contributed by atoms with E-state index in [9.17, 15) is 4.79 Å². The SMILES string of the molecule is Cc1cc(C#N)ccc1COC1CCC(=O)CC1. The van der Waals surface area contributed by atoms with Crippen LogP contribution in [0.4, 0.5) is 0 Å². The predicted octanol–water partition coefficient (Wildman–Crippen LogP) is 2.90. The van der Waals surface area contributed by atoms with E-state index < -0.39 is 0 Å². The van der Waals surface area contributed by atoms with Gasteiger partial charge in [-0.25, -0.2) is 0 Å². The third-order valence-corrected chi connectivity index (χ3v) is 3.44. The summed E-state index contributed by atoms with van der Waals surface area (Å²) < 4.78 is 5.84. The first-order valence-corrected chi connectivity index (χ1v) is 6.32. The fourth-order valence-corrected chi connectivity index (χ4v) is 2.21. The van der Waals surface area contributed by atoms with Crippen LogP contribution in [0.15, 0.2) is 18.2 Å². The molecule has 1 fully saturated rings. The number of carbonyl (C=O) groups excluding carboxylic acids is 1. The van der Waals surface area contributed by atoms with Gasteiger partial charge in [0.15, 0.2) is 0 Å². The van der Waals surface area contributed by atoms with Crippen molar-refractivity contribution >= 4 is 5.78 Å². The lowest BCUT2D eigenvalue weighted by molar-refractivity contribution is -0.123. The second-order valence-electron chi connectivity index (χ2n) is 4.80. The summed E-state index contributed by atoms with van der Waals surface area (Å²) in [5.41, 5.74) is 2.88. The van der Waals surface area contributed by atoms with E-state index in [1.165, 1.54) is 0 Å². The van der Waals surface area contributed by atoms with E-state index in [1.807, 2.05) is 25.1 Å². The minimum Gasteiger partial charge on any atom is -0.374 e. The van der Waals surface area contributed by atoms with E-state index in [4.69, 9.17) is 10.00 Å². The molecule has 0 aliphatic heterocycles. The van der Waals surface area contributed by atoms with E-state index >= 15 is 0 Å². The molecule has 1 saturated carbocycles. The molecular weight excluding hydrogens is 226 g/mol. The average molecular weight is 243 g/mol. The molecule has 0 unspecified atom stereocenters. The summed E-state index contributed by atoms with van der Waals surface area (Å²) >= 11 is 0.